The Morgan fingerprint density at radius 1 is 1.42 bits per heavy atom. The molecule has 0 radical (unpaired) electrons. The predicted molar refractivity (Wildman–Crippen MR) is 30.3 cm³/mol. The number of hydrogen-bond donors (Lipinski definition) is 1. The fourth-order valence-corrected chi connectivity index (χ4v) is 0.438. The third-order valence-corrected chi connectivity index (χ3v) is 0.855. The monoisotopic (exact) mass is 183 g/mol. The highest BCUT2D eigenvalue weighted by atomic mass is 19.4. The van der Waals surface area contributed by atoms with Crippen molar-refractivity contribution in [2.24, 2.45) is 0 Å². The highest BCUT2D eigenvalue weighted by Crippen LogP contribution is 2.19. The molecule has 0 saturated heterocycles. The van der Waals surface area contributed by atoms with Gasteiger partial charge in [0.1, 0.15) is 0 Å². The number of nitrogen functional groups attached to an aromatic ring is 1. The zero-order valence-corrected chi connectivity index (χ0v) is 5.63. The molecule has 0 saturated carbocycles. The van der Waals surface area contributed by atoms with Gasteiger partial charge in [0.05, 0.1) is 0 Å². The van der Waals surface area contributed by atoms with E-state index in [-0.39, 0.29) is 5.82 Å². The number of anilines is 1. The summed E-state index contributed by atoms with van der Waals surface area (Å²) in [6.45, 7) is -1.47. The second kappa shape index (κ2) is 2.88. The minimum absolute atomic E-state index is 0.306. The molecule has 0 atom stereocenters. The van der Waals surface area contributed by atoms with Crippen molar-refractivity contribution in [3.05, 3.63) is 0 Å². The number of aromatic nitrogens is 2. The molecular weight excluding hydrogens is 179 g/mol. The van der Waals surface area contributed by atoms with E-state index in [4.69, 9.17) is 5.73 Å². The van der Waals surface area contributed by atoms with E-state index in [1.807, 2.05) is 0 Å². The van der Waals surface area contributed by atoms with Crippen molar-refractivity contribution < 1.29 is 22.5 Å². The van der Waals surface area contributed by atoms with E-state index in [9.17, 15) is 13.2 Å². The lowest BCUT2D eigenvalue weighted by molar-refractivity contribution is -0.154. The minimum atomic E-state index is -4.43. The predicted octanol–water partition coefficient (Wildman–Crippen LogP) is 0.593. The Hall–Kier alpha value is -1.47. The van der Waals surface area contributed by atoms with Crippen LogP contribution in [0.3, 0.4) is 0 Å². The maximum atomic E-state index is 11.5. The molecule has 0 unspecified atom stereocenters. The number of nitrogens with zero attached hydrogens (tertiary/aromatic N) is 2. The first kappa shape index (κ1) is 8.62. The number of rotatable bonds is 2. The second-order valence-electron chi connectivity index (χ2n) is 1.86. The van der Waals surface area contributed by atoms with Crippen LogP contribution in [0.25, 0.3) is 0 Å². The van der Waals surface area contributed by atoms with E-state index in [0.29, 0.717) is 0 Å². The molecule has 1 aromatic rings. The summed E-state index contributed by atoms with van der Waals surface area (Å²) in [6, 6.07) is 0. The third kappa shape index (κ3) is 2.29. The highest BCUT2D eigenvalue weighted by molar-refractivity contribution is 5.36. The first-order valence-electron chi connectivity index (χ1n) is 2.76. The van der Waals surface area contributed by atoms with Crippen LogP contribution in [0.1, 0.15) is 0 Å². The Morgan fingerprint density at radius 3 is 2.50 bits per heavy atom. The molecular formula is C4H4F3N3O2. The normalized spacial score (nSPS) is 11.6. The lowest BCUT2D eigenvalue weighted by Gasteiger charge is -2.05. The standard InChI is InChI=1S/C4H4F3N3O2/c5-4(6,7)1-11-3-2(8)9-12-10-3/h1H2,(H2,8,9). The van der Waals surface area contributed by atoms with E-state index < -0.39 is 18.7 Å². The molecule has 0 aromatic carbocycles. The molecule has 0 fully saturated rings. The summed E-state index contributed by atoms with van der Waals surface area (Å²) >= 11 is 0. The van der Waals surface area contributed by atoms with E-state index >= 15 is 0 Å². The minimum Gasteiger partial charge on any atom is -0.463 e. The molecule has 1 aromatic heterocycles. The number of nitrogens with two attached hydrogens (primary N) is 1. The quantitative estimate of drug-likeness (QED) is 0.726. The van der Waals surface area contributed by atoms with Crippen LogP contribution < -0.4 is 10.5 Å². The average Bonchev–Trinajstić information content (AvgIpc) is 2.29. The zero-order valence-electron chi connectivity index (χ0n) is 5.63. The molecule has 0 aliphatic rings. The van der Waals surface area contributed by atoms with Gasteiger partial charge in [-0.2, -0.15) is 13.2 Å². The van der Waals surface area contributed by atoms with E-state index in [2.05, 4.69) is 19.7 Å². The topological polar surface area (TPSA) is 74.2 Å². The van der Waals surface area contributed by atoms with E-state index in [1.165, 1.54) is 0 Å². The third-order valence-electron chi connectivity index (χ3n) is 0.855. The molecule has 0 aliphatic heterocycles. The van der Waals surface area contributed by atoms with Gasteiger partial charge < -0.3 is 10.5 Å². The molecule has 0 amide bonds. The van der Waals surface area contributed by atoms with Crippen molar-refractivity contribution in [2.45, 2.75) is 6.18 Å². The smallest absolute Gasteiger partial charge is 0.422 e. The average molecular weight is 183 g/mol. The number of alkyl halides is 3. The molecule has 0 aliphatic carbocycles. The van der Waals surface area contributed by atoms with Gasteiger partial charge in [-0.3, -0.25) is 0 Å². The van der Waals surface area contributed by atoms with E-state index in [0.717, 1.165) is 0 Å². The van der Waals surface area contributed by atoms with Crippen LogP contribution in [0.5, 0.6) is 5.88 Å². The zero-order chi connectivity index (χ0) is 9.19. The number of halogens is 3. The van der Waals surface area contributed by atoms with Gasteiger partial charge >= 0.3 is 12.1 Å². The van der Waals surface area contributed by atoms with Crippen LogP contribution >= 0.6 is 0 Å². The Balaban J connectivity index is 2.49. The fourth-order valence-electron chi connectivity index (χ4n) is 0.438. The summed E-state index contributed by atoms with van der Waals surface area (Å²) in [5.74, 6) is -0.758. The van der Waals surface area contributed by atoms with Gasteiger partial charge in [0, 0.05) is 0 Å². The Bertz CT molecular complexity index is 258. The summed E-state index contributed by atoms with van der Waals surface area (Å²) in [7, 11) is 0. The van der Waals surface area contributed by atoms with Gasteiger partial charge in [0.25, 0.3) is 0 Å². The summed E-state index contributed by atoms with van der Waals surface area (Å²) in [5.41, 5.74) is 5.01. The molecule has 68 valence electrons. The van der Waals surface area contributed by atoms with E-state index in [1.54, 1.807) is 0 Å². The molecule has 12 heavy (non-hydrogen) atoms. The van der Waals surface area contributed by atoms with Crippen molar-refractivity contribution in [3.8, 4) is 5.88 Å². The molecule has 0 spiro atoms. The van der Waals surface area contributed by atoms with Gasteiger partial charge in [-0.25, -0.2) is 4.63 Å². The van der Waals surface area contributed by atoms with Crippen LogP contribution in [0, 0.1) is 0 Å². The Morgan fingerprint density at radius 2 is 2.08 bits per heavy atom. The van der Waals surface area contributed by atoms with Crippen LogP contribution in [0.2, 0.25) is 0 Å². The van der Waals surface area contributed by atoms with Gasteiger partial charge in [0.15, 0.2) is 6.61 Å². The Labute approximate surface area is 64.2 Å². The summed E-state index contributed by atoms with van der Waals surface area (Å²) in [6.07, 6.45) is -4.43. The van der Waals surface area contributed by atoms with Crippen LogP contribution in [0.4, 0.5) is 19.0 Å². The van der Waals surface area contributed by atoms with Crippen molar-refractivity contribution in [1.29, 1.82) is 0 Å². The van der Waals surface area contributed by atoms with Gasteiger partial charge in [-0.1, -0.05) is 0 Å². The van der Waals surface area contributed by atoms with Crippen LogP contribution in [0.15, 0.2) is 4.63 Å². The highest BCUT2D eigenvalue weighted by Gasteiger charge is 2.29. The maximum Gasteiger partial charge on any atom is 0.422 e. The maximum absolute atomic E-state index is 11.5. The molecule has 2 N–H and O–H groups in total. The largest absolute Gasteiger partial charge is 0.463 e. The van der Waals surface area contributed by atoms with Gasteiger partial charge in [-0.05, 0) is 10.3 Å². The van der Waals surface area contributed by atoms with Gasteiger partial charge in [0.2, 0.25) is 5.82 Å². The summed E-state index contributed by atoms with van der Waals surface area (Å²) < 4.78 is 42.7. The lowest BCUT2D eigenvalue weighted by Crippen LogP contribution is -2.19. The summed E-state index contributed by atoms with van der Waals surface area (Å²) in [4.78, 5) is 0. The van der Waals surface area contributed by atoms with Crippen molar-refractivity contribution >= 4 is 5.82 Å². The molecule has 1 rings (SSSR count). The first-order valence-corrected chi connectivity index (χ1v) is 2.76. The first-order chi connectivity index (χ1) is 5.49. The molecule has 8 heteroatoms. The number of hydrogen-bond acceptors (Lipinski definition) is 5. The molecule has 0 bridgehead atoms. The lowest BCUT2D eigenvalue weighted by atomic mass is 10.7. The number of ether oxygens (including phenoxy) is 1. The van der Waals surface area contributed by atoms with Crippen molar-refractivity contribution in [3.63, 3.8) is 0 Å². The molecule has 1 heterocycles. The fraction of sp³-hybridized carbons (Fsp3) is 0.500. The second-order valence-corrected chi connectivity index (χ2v) is 1.86. The Kier molecular flexibility index (Phi) is 2.07. The summed E-state index contributed by atoms with van der Waals surface area (Å²) in [5, 5.41) is 6.00. The van der Waals surface area contributed by atoms with Crippen molar-refractivity contribution in [1.82, 2.24) is 10.3 Å². The van der Waals surface area contributed by atoms with Crippen LogP contribution in [-0.4, -0.2) is 23.1 Å². The molecule has 5 nitrogen and oxygen atoms in total. The SMILES string of the molecule is Nc1nonc1OCC(F)(F)F. The van der Waals surface area contributed by atoms with Crippen LogP contribution in [-0.2, 0) is 0 Å². The van der Waals surface area contributed by atoms with Gasteiger partial charge in [-0.15, -0.1) is 0 Å². The van der Waals surface area contributed by atoms with Crippen molar-refractivity contribution in [2.75, 3.05) is 12.3 Å².